The van der Waals surface area contributed by atoms with Crippen molar-refractivity contribution in [1.82, 2.24) is 19.5 Å². The summed E-state index contributed by atoms with van der Waals surface area (Å²) in [5.41, 5.74) is 6.76. The molecule has 2 aromatic carbocycles. The number of halogens is 2. The number of nitrogen functional groups attached to an aromatic ring is 1. The van der Waals surface area contributed by atoms with E-state index >= 15 is 0 Å². The summed E-state index contributed by atoms with van der Waals surface area (Å²) >= 11 is 6.06. The van der Waals surface area contributed by atoms with Crippen LogP contribution in [0, 0.1) is 5.82 Å². The average Bonchev–Trinajstić information content (AvgIpc) is 3.52. The van der Waals surface area contributed by atoms with E-state index in [1.165, 1.54) is 30.6 Å². The molecule has 4 aromatic rings. The second kappa shape index (κ2) is 12.2. The lowest BCUT2D eigenvalue weighted by Crippen LogP contribution is -2.13. The summed E-state index contributed by atoms with van der Waals surface area (Å²) in [6, 6.07) is 12.4. The van der Waals surface area contributed by atoms with Crippen LogP contribution in [0.2, 0.25) is 5.02 Å². The first-order chi connectivity index (χ1) is 19.7. The summed E-state index contributed by atoms with van der Waals surface area (Å²) in [6.07, 6.45) is 1.01. The van der Waals surface area contributed by atoms with Gasteiger partial charge in [-0.1, -0.05) is 23.7 Å². The molecule has 1 atom stereocenters. The van der Waals surface area contributed by atoms with Crippen LogP contribution in [0.25, 0.3) is 16.9 Å². The SMILES string of the molecule is C=C1OC(COP(=O)(COCCn2cnc3c(=O)[nH]c(N)nc32)OCc2cccc(Cl)c2)=C(c2ccc(F)cc2)O1. The van der Waals surface area contributed by atoms with E-state index in [4.69, 9.17) is 40.6 Å². The van der Waals surface area contributed by atoms with Gasteiger partial charge >= 0.3 is 7.60 Å². The van der Waals surface area contributed by atoms with Crippen LogP contribution < -0.4 is 11.3 Å². The number of aromatic nitrogens is 4. The maximum Gasteiger partial charge on any atom is 0.356 e. The minimum Gasteiger partial charge on any atom is -0.424 e. The molecule has 0 saturated carbocycles. The Morgan fingerprint density at radius 2 is 1.93 bits per heavy atom. The monoisotopic (exact) mass is 603 g/mol. The molecule has 15 heteroatoms. The first kappa shape index (κ1) is 28.5. The minimum absolute atomic E-state index is 0.0190. The maximum absolute atomic E-state index is 13.8. The fourth-order valence-electron chi connectivity index (χ4n) is 3.83. The molecule has 0 bridgehead atoms. The van der Waals surface area contributed by atoms with Gasteiger partial charge in [-0.3, -0.25) is 18.9 Å². The van der Waals surface area contributed by atoms with Crippen molar-refractivity contribution in [3.05, 3.63) is 105 Å². The van der Waals surface area contributed by atoms with E-state index in [-0.39, 0.29) is 60.9 Å². The number of nitrogens with zero attached hydrogens (tertiary/aromatic N) is 3. The van der Waals surface area contributed by atoms with Crippen LogP contribution in [-0.4, -0.2) is 39.1 Å². The lowest BCUT2D eigenvalue weighted by molar-refractivity contribution is 0.115. The number of benzene rings is 2. The normalized spacial score (nSPS) is 14.7. The summed E-state index contributed by atoms with van der Waals surface area (Å²) < 4.78 is 56.9. The Morgan fingerprint density at radius 3 is 2.71 bits per heavy atom. The maximum atomic E-state index is 13.8. The van der Waals surface area contributed by atoms with E-state index < -0.39 is 25.3 Å². The molecule has 0 aliphatic carbocycles. The second-order valence-corrected chi connectivity index (χ2v) is 11.2. The van der Waals surface area contributed by atoms with Gasteiger partial charge in [-0.2, -0.15) is 4.98 Å². The molecule has 0 fully saturated rings. The van der Waals surface area contributed by atoms with Gasteiger partial charge in [0, 0.05) is 17.1 Å². The van der Waals surface area contributed by atoms with Crippen molar-refractivity contribution >= 4 is 42.1 Å². The van der Waals surface area contributed by atoms with Gasteiger partial charge in [-0.15, -0.1) is 0 Å². The molecule has 214 valence electrons. The zero-order valence-corrected chi connectivity index (χ0v) is 23.1. The fourth-order valence-corrected chi connectivity index (χ4v) is 5.28. The molecule has 41 heavy (non-hydrogen) atoms. The molecule has 12 nitrogen and oxygen atoms in total. The van der Waals surface area contributed by atoms with Crippen molar-refractivity contribution in [2.45, 2.75) is 13.2 Å². The van der Waals surface area contributed by atoms with Crippen LogP contribution >= 0.6 is 19.2 Å². The standard InChI is InChI=1S/C26H24ClFN5O7P/c1-16-39-21(23(40-16)18-5-7-20(28)8-6-18)13-38-41(35,37-12-17-3-2-4-19(27)11-17)15-36-10-9-33-14-30-22-24(33)31-26(29)32-25(22)34/h2-8,11,14H,1,9-10,12-13,15H2,(H3,29,31,32,34). The molecule has 0 spiro atoms. The lowest BCUT2D eigenvalue weighted by Gasteiger charge is -2.19. The number of anilines is 1. The first-order valence-corrected chi connectivity index (χ1v) is 14.2. The van der Waals surface area contributed by atoms with Gasteiger partial charge in [0.15, 0.2) is 22.7 Å². The second-order valence-electron chi connectivity index (χ2n) is 8.72. The van der Waals surface area contributed by atoms with E-state index in [2.05, 4.69) is 21.5 Å². The average molecular weight is 604 g/mol. The Hall–Kier alpha value is -4.00. The van der Waals surface area contributed by atoms with Crippen molar-refractivity contribution in [3.8, 4) is 0 Å². The van der Waals surface area contributed by atoms with Crippen molar-refractivity contribution in [2.75, 3.05) is 25.3 Å². The third-order valence-electron chi connectivity index (χ3n) is 5.74. The number of imidazole rings is 1. The van der Waals surface area contributed by atoms with E-state index in [9.17, 15) is 13.8 Å². The number of rotatable bonds is 12. The first-order valence-electron chi connectivity index (χ1n) is 12.1. The highest BCUT2D eigenvalue weighted by Gasteiger charge is 2.30. The molecule has 1 aliphatic rings. The number of H-pyrrole nitrogens is 1. The Bertz CT molecular complexity index is 1720. The van der Waals surface area contributed by atoms with Crippen LogP contribution in [0.5, 0.6) is 0 Å². The highest BCUT2D eigenvalue weighted by atomic mass is 35.5. The number of hydrogen-bond donors (Lipinski definition) is 2. The quantitative estimate of drug-likeness (QED) is 0.171. The van der Waals surface area contributed by atoms with Gasteiger partial charge in [-0.05, 0) is 48.5 Å². The Balaban J connectivity index is 1.28. The number of hydrogen-bond acceptors (Lipinski definition) is 10. The summed E-state index contributed by atoms with van der Waals surface area (Å²) in [7, 11) is -3.91. The molecule has 0 amide bonds. The Morgan fingerprint density at radius 1 is 1.15 bits per heavy atom. The number of aromatic amines is 1. The van der Waals surface area contributed by atoms with Gasteiger partial charge < -0.3 is 29.0 Å². The van der Waals surface area contributed by atoms with Gasteiger partial charge in [-0.25, -0.2) is 9.37 Å². The minimum atomic E-state index is -3.91. The molecule has 3 N–H and O–H groups in total. The lowest BCUT2D eigenvalue weighted by atomic mass is 10.1. The zero-order valence-electron chi connectivity index (χ0n) is 21.4. The highest BCUT2D eigenvalue weighted by molar-refractivity contribution is 7.53. The van der Waals surface area contributed by atoms with E-state index in [1.54, 1.807) is 28.8 Å². The molecule has 1 unspecified atom stereocenters. The number of fused-ring (bicyclic) bond motifs is 1. The van der Waals surface area contributed by atoms with E-state index in [0.717, 1.165) is 0 Å². The summed E-state index contributed by atoms with van der Waals surface area (Å²) in [4.78, 5) is 22.5. The van der Waals surface area contributed by atoms with Crippen molar-refractivity contribution in [2.24, 2.45) is 0 Å². The molecule has 0 saturated heterocycles. The van der Waals surface area contributed by atoms with Crippen LogP contribution in [0.1, 0.15) is 11.1 Å². The topological polar surface area (TPSA) is 153 Å². The summed E-state index contributed by atoms with van der Waals surface area (Å²) in [6.45, 7) is 3.52. The van der Waals surface area contributed by atoms with Crippen LogP contribution in [0.15, 0.2) is 77.9 Å². The number of nitrogens with one attached hydrogen (secondary N) is 1. The van der Waals surface area contributed by atoms with Crippen molar-refractivity contribution in [3.63, 3.8) is 0 Å². The van der Waals surface area contributed by atoms with Gasteiger partial charge in [0.05, 0.1) is 19.5 Å². The molecular formula is C26H24ClFN5O7P. The number of ether oxygens (including phenoxy) is 3. The largest absolute Gasteiger partial charge is 0.424 e. The Labute approximate surface area is 237 Å². The third kappa shape index (κ3) is 7.02. The van der Waals surface area contributed by atoms with Gasteiger partial charge in [0.2, 0.25) is 5.95 Å². The smallest absolute Gasteiger partial charge is 0.356 e. The Kier molecular flexibility index (Phi) is 8.52. The number of nitrogens with two attached hydrogens (primary N) is 1. The van der Waals surface area contributed by atoms with Crippen molar-refractivity contribution < 1.29 is 32.2 Å². The summed E-state index contributed by atoms with van der Waals surface area (Å²) in [5.74, 6) is -0.0733. The predicted octanol–water partition coefficient (Wildman–Crippen LogP) is 4.78. The van der Waals surface area contributed by atoms with Crippen molar-refractivity contribution in [1.29, 1.82) is 0 Å². The molecule has 1 aliphatic heterocycles. The van der Waals surface area contributed by atoms with Crippen LogP contribution in [-0.2, 0) is 41.0 Å². The van der Waals surface area contributed by atoms with Crippen LogP contribution in [0.3, 0.4) is 0 Å². The molecule has 2 aromatic heterocycles. The highest BCUT2D eigenvalue weighted by Crippen LogP contribution is 2.50. The van der Waals surface area contributed by atoms with Gasteiger partial charge in [0.25, 0.3) is 11.5 Å². The molecule has 3 heterocycles. The van der Waals surface area contributed by atoms with Crippen LogP contribution in [0.4, 0.5) is 10.3 Å². The van der Waals surface area contributed by atoms with Gasteiger partial charge in [0.1, 0.15) is 18.8 Å². The zero-order chi connectivity index (χ0) is 29.0. The fraction of sp³-hybridized carbons (Fsp3) is 0.192. The summed E-state index contributed by atoms with van der Waals surface area (Å²) in [5, 5.41) is 0.489. The van der Waals surface area contributed by atoms with E-state index in [1.807, 2.05) is 0 Å². The van der Waals surface area contributed by atoms with E-state index in [0.29, 0.717) is 16.1 Å². The predicted molar refractivity (Wildman–Crippen MR) is 148 cm³/mol. The molecule has 5 rings (SSSR count). The third-order valence-corrected chi connectivity index (χ3v) is 7.52. The molecular weight excluding hydrogens is 580 g/mol. The molecule has 0 radical (unpaired) electrons.